The van der Waals surface area contributed by atoms with E-state index in [1.54, 1.807) is 5.19 Å². The molecule has 5 heteroatoms. The Bertz CT molecular complexity index is 972. The minimum atomic E-state index is -2.40. The first-order valence-electron chi connectivity index (χ1n) is 9.98. The molecule has 164 valence electrons. The van der Waals surface area contributed by atoms with Crippen LogP contribution in [0.1, 0.15) is 22.3 Å². The third-order valence-corrected chi connectivity index (χ3v) is 11.5. The molecule has 0 aliphatic heterocycles. The Balaban J connectivity index is 0.00000240. The Morgan fingerprint density at radius 2 is 0.844 bits per heavy atom. The summed E-state index contributed by atoms with van der Waals surface area (Å²) in [5, 5.41) is 5.90. The Hall–Kier alpha value is -1.19. The van der Waals surface area contributed by atoms with E-state index in [4.69, 9.17) is 0 Å². The summed E-state index contributed by atoms with van der Waals surface area (Å²) in [6.07, 6.45) is 0. The van der Waals surface area contributed by atoms with Gasteiger partial charge in [0.15, 0.2) is 8.07 Å². The Labute approximate surface area is 227 Å². The summed E-state index contributed by atoms with van der Waals surface area (Å²) < 4.78 is 0. The average Bonchev–Trinajstić information content (AvgIpc) is 2.95. The minimum Gasteiger partial charge on any atom is -1.00 e. The van der Waals surface area contributed by atoms with Gasteiger partial charge >= 0.3 is 21.7 Å². The van der Waals surface area contributed by atoms with Crippen LogP contribution < -0.4 is 58.0 Å². The topological polar surface area (TPSA) is 0 Å². The molecule has 0 heterocycles. The van der Waals surface area contributed by atoms with E-state index < -0.39 is 8.07 Å². The molecule has 32 heavy (non-hydrogen) atoms. The molecule has 0 amide bonds. The van der Waals surface area contributed by atoms with Crippen molar-refractivity contribution in [3.8, 4) is 0 Å². The van der Waals surface area contributed by atoms with Crippen LogP contribution in [0.15, 0.2) is 91.0 Å². The van der Waals surface area contributed by atoms with E-state index in [1.807, 2.05) is 0 Å². The van der Waals surface area contributed by atoms with Gasteiger partial charge in [0.2, 0.25) is 0 Å². The third kappa shape index (κ3) is 4.99. The summed E-state index contributed by atoms with van der Waals surface area (Å²) in [4.78, 5) is 0. The molecule has 4 aromatic rings. The second kappa shape index (κ2) is 12.9. The summed E-state index contributed by atoms with van der Waals surface area (Å²) in [5.74, 6) is 0. The monoisotopic (exact) mass is 532 g/mol. The van der Waals surface area contributed by atoms with Crippen molar-refractivity contribution in [2.45, 2.75) is 27.7 Å². The van der Waals surface area contributed by atoms with E-state index in [9.17, 15) is 0 Å². The maximum Gasteiger partial charge on any atom is 4.00 e. The normalized spacial score (nSPS) is 10.1. The van der Waals surface area contributed by atoms with Gasteiger partial charge in [0.05, 0.1) is 0 Å². The van der Waals surface area contributed by atoms with E-state index >= 15 is 0 Å². The molecular formula is C27H27Cl3SiTi. The Kier molecular flexibility index (Phi) is 12.4. The van der Waals surface area contributed by atoms with Crippen molar-refractivity contribution < 1.29 is 58.9 Å². The summed E-state index contributed by atoms with van der Waals surface area (Å²) in [7, 11) is -2.40. The molecule has 0 nitrogen and oxygen atoms in total. The van der Waals surface area contributed by atoms with Gasteiger partial charge in [-0.1, -0.05) is 119 Å². The van der Waals surface area contributed by atoms with E-state index in [1.165, 1.54) is 37.8 Å². The van der Waals surface area contributed by atoms with Crippen LogP contribution in [0.5, 0.6) is 0 Å². The maximum atomic E-state index is 2.34. The SMILES string of the molecule is Cc1c(C)c([Si](c2ccccc2)(c2ccccc2)c2ccccc2)[c-](C)c1C.[Cl-].[Cl-].[Cl-].[Ti+4]. The van der Waals surface area contributed by atoms with Crippen molar-refractivity contribution in [2.24, 2.45) is 0 Å². The van der Waals surface area contributed by atoms with E-state index in [-0.39, 0.29) is 58.9 Å². The summed E-state index contributed by atoms with van der Waals surface area (Å²) >= 11 is 0. The summed E-state index contributed by atoms with van der Waals surface area (Å²) in [6, 6.07) is 33.5. The molecule has 0 aliphatic rings. The molecular weight excluding hydrogens is 507 g/mol. The number of hydrogen-bond acceptors (Lipinski definition) is 0. The second-order valence-corrected chi connectivity index (χ2v) is 11.5. The van der Waals surface area contributed by atoms with Gasteiger partial charge < -0.3 is 37.2 Å². The van der Waals surface area contributed by atoms with Crippen molar-refractivity contribution in [3.63, 3.8) is 0 Å². The average molecular weight is 534 g/mol. The fourth-order valence-electron chi connectivity index (χ4n) is 4.78. The van der Waals surface area contributed by atoms with Crippen molar-refractivity contribution >= 4 is 28.8 Å². The molecule has 0 atom stereocenters. The van der Waals surface area contributed by atoms with Gasteiger partial charge in [-0.25, -0.2) is 0 Å². The van der Waals surface area contributed by atoms with Gasteiger partial charge in [0.1, 0.15) is 0 Å². The van der Waals surface area contributed by atoms with Gasteiger partial charge in [0, 0.05) is 0 Å². The smallest absolute Gasteiger partial charge is 1.00 e. The zero-order valence-corrected chi connectivity index (χ0v) is 23.6. The molecule has 0 unspecified atom stereocenters. The van der Waals surface area contributed by atoms with Crippen molar-refractivity contribution in [3.05, 3.63) is 113 Å². The van der Waals surface area contributed by atoms with Crippen LogP contribution in [-0.4, -0.2) is 8.07 Å². The minimum absolute atomic E-state index is 0. The van der Waals surface area contributed by atoms with Crippen LogP contribution in [-0.2, 0) is 21.7 Å². The van der Waals surface area contributed by atoms with Crippen LogP contribution in [0.3, 0.4) is 0 Å². The van der Waals surface area contributed by atoms with Crippen LogP contribution in [0.25, 0.3) is 0 Å². The van der Waals surface area contributed by atoms with Gasteiger partial charge in [-0.05, 0) is 15.6 Å². The summed E-state index contributed by atoms with van der Waals surface area (Å²) in [5.41, 5.74) is 5.79. The Morgan fingerprint density at radius 3 is 1.09 bits per heavy atom. The van der Waals surface area contributed by atoms with E-state index in [0.29, 0.717) is 0 Å². The number of hydrogen-bond donors (Lipinski definition) is 0. The summed E-state index contributed by atoms with van der Waals surface area (Å²) in [6.45, 7) is 9.20. The fourth-order valence-corrected chi connectivity index (χ4v) is 10.2. The standard InChI is InChI=1S/C27H27Si.3ClH.Ti/c1-20-21(2)23(4)27(22(20)3)28(24-14-8-5-9-15-24,25-16-10-6-11-17-25)26-18-12-7-13-19-26;;;;/h5-19H,1-4H3;3*1H;/q-1;;;;+4/p-3. The largest absolute Gasteiger partial charge is 4.00 e. The van der Waals surface area contributed by atoms with E-state index in [0.717, 1.165) is 0 Å². The molecule has 0 saturated heterocycles. The van der Waals surface area contributed by atoms with Crippen LogP contribution in [0.4, 0.5) is 0 Å². The van der Waals surface area contributed by atoms with Crippen molar-refractivity contribution in [2.75, 3.05) is 0 Å². The van der Waals surface area contributed by atoms with Gasteiger partial charge in [-0.15, -0.1) is 0 Å². The number of benzene rings is 3. The van der Waals surface area contributed by atoms with Crippen molar-refractivity contribution in [1.29, 1.82) is 0 Å². The van der Waals surface area contributed by atoms with E-state index in [2.05, 4.69) is 119 Å². The molecule has 0 N–H and O–H groups in total. The zero-order valence-electron chi connectivity index (χ0n) is 18.8. The molecule has 0 aromatic heterocycles. The van der Waals surface area contributed by atoms with Crippen LogP contribution in [0, 0.1) is 27.7 Å². The Morgan fingerprint density at radius 1 is 0.531 bits per heavy atom. The molecule has 4 rings (SSSR count). The second-order valence-electron chi connectivity index (χ2n) is 7.72. The molecule has 0 fully saturated rings. The fraction of sp³-hybridized carbons (Fsp3) is 0.148. The molecule has 0 spiro atoms. The molecule has 0 aliphatic carbocycles. The number of rotatable bonds is 4. The van der Waals surface area contributed by atoms with Gasteiger partial charge in [-0.3, -0.25) is 0 Å². The van der Waals surface area contributed by atoms with Crippen molar-refractivity contribution in [1.82, 2.24) is 0 Å². The quantitative estimate of drug-likeness (QED) is 0.140. The molecule has 0 radical (unpaired) electrons. The maximum absolute atomic E-state index is 2.40. The molecule has 4 aromatic carbocycles. The van der Waals surface area contributed by atoms with Gasteiger partial charge in [0.25, 0.3) is 0 Å². The first-order valence-corrected chi connectivity index (χ1v) is 12.0. The predicted molar refractivity (Wildman–Crippen MR) is 125 cm³/mol. The molecule has 0 saturated carbocycles. The van der Waals surface area contributed by atoms with Gasteiger partial charge in [-0.2, -0.15) is 27.4 Å². The predicted octanol–water partition coefficient (Wildman–Crippen LogP) is -4.97. The van der Waals surface area contributed by atoms with Crippen LogP contribution in [0.2, 0.25) is 0 Å². The first-order chi connectivity index (χ1) is 13.6. The zero-order chi connectivity index (χ0) is 19.7. The third-order valence-electron chi connectivity index (χ3n) is 6.43. The first kappa shape index (κ1) is 30.8. The molecule has 0 bridgehead atoms. The number of halogens is 3. The van der Waals surface area contributed by atoms with Crippen LogP contribution >= 0.6 is 0 Å².